The van der Waals surface area contributed by atoms with Crippen LogP contribution in [0.4, 0.5) is 0 Å². The van der Waals surface area contributed by atoms with Crippen LogP contribution in [-0.4, -0.2) is 63.3 Å². The van der Waals surface area contributed by atoms with Crippen LogP contribution in [-0.2, 0) is 14.4 Å². The Bertz CT molecular complexity index is 735. The van der Waals surface area contributed by atoms with Crippen LogP contribution >= 0.6 is 11.8 Å². The molecule has 2 aliphatic heterocycles. The maximum absolute atomic E-state index is 12.3. The van der Waals surface area contributed by atoms with Crippen molar-refractivity contribution in [1.29, 1.82) is 0 Å². The Morgan fingerprint density at radius 1 is 1.32 bits per heavy atom. The molecule has 9 heteroatoms. The van der Waals surface area contributed by atoms with Crippen LogP contribution in [0.15, 0.2) is 41.6 Å². The third-order valence-electron chi connectivity index (χ3n) is 3.87. The number of carboxylic acid groups (broad SMARTS) is 1. The van der Waals surface area contributed by atoms with Crippen LogP contribution in [0.1, 0.15) is 0 Å². The van der Waals surface area contributed by atoms with Crippen LogP contribution in [0.3, 0.4) is 0 Å². The molecule has 0 aromatic heterocycles. The molecule has 25 heavy (non-hydrogen) atoms. The zero-order chi connectivity index (χ0) is 18.0. The van der Waals surface area contributed by atoms with Crippen molar-refractivity contribution >= 4 is 29.5 Å². The molecule has 1 aromatic carbocycles. The van der Waals surface area contributed by atoms with Gasteiger partial charge in [0.25, 0.3) is 11.8 Å². The van der Waals surface area contributed by atoms with Gasteiger partial charge in [-0.15, -0.1) is 11.8 Å². The molecule has 1 saturated heterocycles. The highest BCUT2D eigenvalue weighted by Gasteiger charge is 2.54. The van der Waals surface area contributed by atoms with Crippen LogP contribution in [0, 0.1) is 0 Å². The molecule has 8 nitrogen and oxygen atoms in total. The number of para-hydroxylation sites is 1. The van der Waals surface area contributed by atoms with Crippen LogP contribution in [0.25, 0.3) is 0 Å². The van der Waals surface area contributed by atoms with Gasteiger partial charge in [-0.05, 0) is 17.7 Å². The van der Waals surface area contributed by atoms with E-state index in [1.807, 2.05) is 6.07 Å². The summed E-state index contributed by atoms with van der Waals surface area (Å²) in [5, 5.41) is 20.6. The SMILES string of the molecule is O=C(COc1ccccc1)NC1C(=O)N2C(C(=O)O)=C(CO)CS[C@@H]12. The summed E-state index contributed by atoms with van der Waals surface area (Å²) in [4.78, 5) is 36.7. The third kappa shape index (κ3) is 3.33. The molecule has 1 fully saturated rings. The number of rotatable bonds is 6. The molecule has 0 bridgehead atoms. The number of carbonyl (C=O) groups excluding carboxylic acids is 2. The summed E-state index contributed by atoms with van der Waals surface area (Å²) in [6.07, 6.45) is 0. The van der Waals surface area contributed by atoms with Gasteiger partial charge in [0.05, 0.1) is 6.61 Å². The van der Waals surface area contributed by atoms with E-state index in [2.05, 4.69) is 5.32 Å². The second kappa shape index (κ2) is 7.16. The van der Waals surface area contributed by atoms with Gasteiger partial charge in [-0.1, -0.05) is 18.2 Å². The van der Waals surface area contributed by atoms with Gasteiger partial charge < -0.3 is 20.3 Å². The van der Waals surface area contributed by atoms with Gasteiger partial charge in [-0.25, -0.2) is 4.79 Å². The molecule has 2 amide bonds. The summed E-state index contributed by atoms with van der Waals surface area (Å²) in [6.45, 7) is -0.665. The number of carbonyl (C=O) groups is 3. The van der Waals surface area contributed by atoms with E-state index in [4.69, 9.17) is 4.74 Å². The molecule has 2 heterocycles. The van der Waals surface area contributed by atoms with E-state index in [1.165, 1.54) is 11.8 Å². The summed E-state index contributed by atoms with van der Waals surface area (Å²) in [7, 11) is 0. The second-order valence-corrected chi connectivity index (χ2v) is 6.58. The van der Waals surface area contributed by atoms with Crippen molar-refractivity contribution < 1.29 is 29.3 Å². The predicted molar refractivity (Wildman–Crippen MR) is 88.7 cm³/mol. The highest BCUT2D eigenvalue weighted by Crippen LogP contribution is 2.40. The summed E-state index contributed by atoms with van der Waals surface area (Å²) in [5.74, 6) is -1.40. The number of thioether (sulfide) groups is 1. The molecule has 2 atom stereocenters. The lowest BCUT2D eigenvalue weighted by Crippen LogP contribution is -2.71. The van der Waals surface area contributed by atoms with Crippen LogP contribution in [0.2, 0.25) is 0 Å². The molecule has 2 aliphatic rings. The Hall–Kier alpha value is -2.52. The topological polar surface area (TPSA) is 116 Å². The van der Waals surface area contributed by atoms with Crippen molar-refractivity contribution in [2.24, 2.45) is 0 Å². The number of nitrogens with one attached hydrogen (secondary N) is 1. The van der Waals surface area contributed by atoms with Crippen LogP contribution < -0.4 is 10.1 Å². The molecule has 0 aliphatic carbocycles. The van der Waals surface area contributed by atoms with E-state index in [9.17, 15) is 24.6 Å². The average molecular weight is 364 g/mol. The highest BCUT2D eigenvalue weighted by atomic mass is 32.2. The van der Waals surface area contributed by atoms with E-state index in [0.29, 0.717) is 17.1 Å². The van der Waals surface area contributed by atoms with Crippen LogP contribution in [0.5, 0.6) is 5.75 Å². The molecular weight excluding hydrogens is 348 g/mol. The summed E-state index contributed by atoms with van der Waals surface area (Å²) in [5.41, 5.74) is 0.0987. The summed E-state index contributed by atoms with van der Waals surface area (Å²) < 4.78 is 5.32. The average Bonchev–Trinajstić information content (AvgIpc) is 2.63. The monoisotopic (exact) mass is 364 g/mol. The number of benzene rings is 1. The number of aliphatic carboxylic acids is 1. The van der Waals surface area contributed by atoms with Crippen molar-refractivity contribution in [2.45, 2.75) is 11.4 Å². The Labute approximate surface area is 147 Å². The van der Waals surface area contributed by atoms with Gasteiger partial charge in [-0.3, -0.25) is 14.5 Å². The van der Waals surface area contributed by atoms with E-state index in [0.717, 1.165) is 4.90 Å². The molecule has 1 aromatic rings. The second-order valence-electron chi connectivity index (χ2n) is 5.47. The van der Waals surface area contributed by atoms with Crippen molar-refractivity contribution in [1.82, 2.24) is 10.2 Å². The fourth-order valence-corrected chi connectivity index (χ4v) is 4.02. The minimum Gasteiger partial charge on any atom is -0.484 e. The Morgan fingerprint density at radius 2 is 2.04 bits per heavy atom. The maximum atomic E-state index is 12.3. The molecule has 1 unspecified atom stereocenters. The first kappa shape index (κ1) is 17.3. The lowest BCUT2D eigenvalue weighted by Gasteiger charge is -2.49. The zero-order valence-electron chi connectivity index (χ0n) is 13.0. The lowest BCUT2D eigenvalue weighted by atomic mass is 10.0. The quantitative estimate of drug-likeness (QED) is 0.599. The Balaban J connectivity index is 1.61. The molecule has 0 saturated carbocycles. The number of aliphatic hydroxyl groups excluding tert-OH is 1. The van der Waals surface area contributed by atoms with Gasteiger partial charge >= 0.3 is 5.97 Å². The first-order valence-corrected chi connectivity index (χ1v) is 8.56. The van der Waals surface area contributed by atoms with Gasteiger partial charge in [-0.2, -0.15) is 0 Å². The standard InChI is InChI=1S/C16H16N2O6S/c19-6-9-8-25-15-12(14(21)18(15)13(9)16(22)23)17-11(20)7-24-10-4-2-1-3-5-10/h1-5,12,15,19H,6-8H2,(H,17,20)(H,22,23)/t12?,15-/m0/s1. The van der Waals surface area contributed by atoms with E-state index in [-0.39, 0.29) is 12.3 Å². The number of hydrogen-bond donors (Lipinski definition) is 3. The molecule has 3 N–H and O–H groups in total. The maximum Gasteiger partial charge on any atom is 0.352 e. The fourth-order valence-electron chi connectivity index (χ4n) is 2.69. The van der Waals surface area contributed by atoms with E-state index >= 15 is 0 Å². The van der Waals surface area contributed by atoms with E-state index < -0.39 is 35.8 Å². The van der Waals surface area contributed by atoms with Crippen molar-refractivity contribution in [2.75, 3.05) is 19.0 Å². The van der Waals surface area contributed by atoms with Crippen molar-refractivity contribution in [3.8, 4) is 5.75 Å². The smallest absolute Gasteiger partial charge is 0.352 e. The summed E-state index contributed by atoms with van der Waals surface area (Å²) in [6, 6.07) is 7.99. The number of nitrogens with zero attached hydrogens (tertiary/aromatic N) is 1. The minimum absolute atomic E-state index is 0.192. The van der Waals surface area contributed by atoms with Crippen molar-refractivity contribution in [3.05, 3.63) is 41.6 Å². The predicted octanol–water partition coefficient (Wildman–Crippen LogP) is -0.204. The highest BCUT2D eigenvalue weighted by molar-refractivity contribution is 8.00. The first-order chi connectivity index (χ1) is 12.0. The third-order valence-corrected chi connectivity index (χ3v) is 5.21. The Morgan fingerprint density at radius 3 is 2.68 bits per heavy atom. The van der Waals surface area contributed by atoms with Crippen molar-refractivity contribution in [3.63, 3.8) is 0 Å². The van der Waals surface area contributed by atoms with Gasteiger partial charge in [0, 0.05) is 5.75 Å². The molecule has 132 valence electrons. The number of ether oxygens (including phenoxy) is 1. The number of aliphatic hydroxyl groups is 1. The normalized spacial score (nSPS) is 22.1. The first-order valence-electron chi connectivity index (χ1n) is 7.51. The number of hydrogen-bond acceptors (Lipinski definition) is 6. The largest absolute Gasteiger partial charge is 0.484 e. The minimum atomic E-state index is -1.26. The summed E-state index contributed by atoms with van der Waals surface area (Å²) >= 11 is 1.30. The zero-order valence-corrected chi connectivity index (χ0v) is 13.9. The number of amides is 2. The number of carboxylic acids is 1. The lowest BCUT2D eigenvalue weighted by molar-refractivity contribution is -0.151. The van der Waals surface area contributed by atoms with Gasteiger partial charge in [0.1, 0.15) is 22.9 Å². The molecule has 3 rings (SSSR count). The molecule has 0 spiro atoms. The fraction of sp³-hybridized carbons (Fsp3) is 0.312. The van der Waals surface area contributed by atoms with Gasteiger partial charge in [0.2, 0.25) is 0 Å². The Kier molecular flexibility index (Phi) is 4.95. The molecule has 0 radical (unpaired) electrons. The molecular formula is C16H16N2O6S. The van der Waals surface area contributed by atoms with Gasteiger partial charge in [0.15, 0.2) is 6.61 Å². The van der Waals surface area contributed by atoms with E-state index in [1.54, 1.807) is 24.3 Å². The number of β-lactam (4-membered cyclic amide) rings is 1. The number of fused-ring (bicyclic) bond motifs is 1.